The number of amides is 2. The summed E-state index contributed by atoms with van der Waals surface area (Å²) in [5.74, 6) is -0.141. The van der Waals surface area contributed by atoms with Gasteiger partial charge in [0.2, 0.25) is 5.91 Å². The lowest BCUT2D eigenvalue weighted by atomic mass is 10.1. The van der Waals surface area contributed by atoms with Gasteiger partial charge in [-0.25, -0.2) is 0 Å². The molecule has 2 fully saturated rings. The Bertz CT molecular complexity index is 689. The molecule has 6 nitrogen and oxygen atoms in total. The third-order valence-electron chi connectivity index (χ3n) is 4.94. The molecule has 3 rings (SSSR count). The van der Waals surface area contributed by atoms with Gasteiger partial charge in [-0.05, 0) is 43.4 Å². The highest BCUT2D eigenvalue weighted by atomic mass is 35.5. The minimum absolute atomic E-state index is 0.00789. The van der Waals surface area contributed by atoms with E-state index in [-0.39, 0.29) is 23.8 Å². The zero-order chi connectivity index (χ0) is 19.4. The molecule has 2 aliphatic rings. The van der Waals surface area contributed by atoms with Crippen molar-refractivity contribution in [3.8, 4) is 0 Å². The minimum Gasteiger partial charge on any atom is -0.376 e. The van der Waals surface area contributed by atoms with Crippen molar-refractivity contribution in [3.05, 3.63) is 23.2 Å². The predicted octanol–water partition coefficient (Wildman–Crippen LogP) is 3.63. The molecule has 1 aromatic rings. The number of nitrogens with zero attached hydrogens (tertiary/aromatic N) is 1. The largest absolute Gasteiger partial charge is 0.376 e. The highest BCUT2D eigenvalue weighted by Crippen LogP contribution is 2.30. The highest BCUT2D eigenvalue weighted by Gasteiger charge is 2.27. The van der Waals surface area contributed by atoms with Gasteiger partial charge in [0.05, 0.1) is 23.4 Å². The van der Waals surface area contributed by atoms with Crippen LogP contribution in [0, 0.1) is 5.92 Å². The van der Waals surface area contributed by atoms with Crippen molar-refractivity contribution >= 4 is 34.8 Å². The van der Waals surface area contributed by atoms with E-state index in [9.17, 15) is 9.59 Å². The van der Waals surface area contributed by atoms with Crippen LogP contribution in [-0.4, -0.2) is 43.8 Å². The van der Waals surface area contributed by atoms with Crippen LogP contribution in [0.3, 0.4) is 0 Å². The van der Waals surface area contributed by atoms with Crippen molar-refractivity contribution in [2.75, 3.05) is 30.0 Å². The SMILES string of the molecule is CC(C)[C@@H](OC[C@@H]1CCCO1)C(=O)Nc1cc(N2CCCC2=O)ccc1Cl. The smallest absolute Gasteiger partial charge is 0.253 e. The first kappa shape index (κ1) is 20.1. The quantitative estimate of drug-likeness (QED) is 0.766. The summed E-state index contributed by atoms with van der Waals surface area (Å²) in [6.07, 6.45) is 2.86. The van der Waals surface area contributed by atoms with Gasteiger partial charge >= 0.3 is 0 Å². The maximum absolute atomic E-state index is 12.8. The number of carbonyl (C=O) groups excluding carboxylic acids is 2. The third kappa shape index (κ3) is 5.00. The molecule has 2 saturated heterocycles. The lowest BCUT2D eigenvalue weighted by molar-refractivity contribution is -0.132. The Kier molecular flexibility index (Phi) is 6.73. The van der Waals surface area contributed by atoms with E-state index < -0.39 is 6.10 Å². The third-order valence-corrected chi connectivity index (χ3v) is 5.27. The fourth-order valence-electron chi connectivity index (χ4n) is 3.46. The molecule has 2 aliphatic heterocycles. The summed E-state index contributed by atoms with van der Waals surface area (Å²) < 4.78 is 11.4. The van der Waals surface area contributed by atoms with Gasteiger partial charge in [0.15, 0.2) is 0 Å². The minimum atomic E-state index is -0.595. The van der Waals surface area contributed by atoms with Gasteiger partial charge < -0.3 is 19.7 Å². The van der Waals surface area contributed by atoms with Gasteiger partial charge in [0.25, 0.3) is 5.91 Å². The molecule has 0 aliphatic carbocycles. The van der Waals surface area contributed by atoms with Crippen molar-refractivity contribution in [2.24, 2.45) is 5.92 Å². The number of anilines is 2. The molecule has 0 radical (unpaired) electrons. The Morgan fingerprint density at radius 1 is 1.41 bits per heavy atom. The molecule has 0 unspecified atom stereocenters. The van der Waals surface area contributed by atoms with E-state index in [1.807, 2.05) is 13.8 Å². The van der Waals surface area contributed by atoms with Crippen LogP contribution in [0.1, 0.15) is 39.5 Å². The van der Waals surface area contributed by atoms with Crippen LogP contribution >= 0.6 is 11.6 Å². The standard InChI is InChI=1S/C20H27ClN2O4/c1-13(2)19(27-12-15-5-4-10-26-15)20(25)22-17-11-14(7-8-16(17)21)23-9-3-6-18(23)24/h7-8,11,13,15,19H,3-6,9-10,12H2,1-2H3,(H,22,25)/t15-,19+/m0/s1. The zero-order valence-electron chi connectivity index (χ0n) is 15.9. The number of hydrogen-bond acceptors (Lipinski definition) is 4. The Hall–Kier alpha value is -1.63. The zero-order valence-corrected chi connectivity index (χ0v) is 16.6. The summed E-state index contributed by atoms with van der Waals surface area (Å²) in [5, 5.41) is 3.30. The fourth-order valence-corrected chi connectivity index (χ4v) is 3.62. The van der Waals surface area contributed by atoms with Crippen molar-refractivity contribution in [3.63, 3.8) is 0 Å². The van der Waals surface area contributed by atoms with E-state index in [0.717, 1.165) is 31.6 Å². The molecule has 1 N–H and O–H groups in total. The van der Waals surface area contributed by atoms with E-state index in [1.54, 1.807) is 23.1 Å². The maximum atomic E-state index is 12.8. The van der Waals surface area contributed by atoms with Gasteiger partial charge in [-0.15, -0.1) is 0 Å². The summed E-state index contributed by atoms with van der Waals surface area (Å²) >= 11 is 6.27. The molecule has 2 atom stereocenters. The summed E-state index contributed by atoms with van der Waals surface area (Å²) in [6, 6.07) is 5.26. The Balaban J connectivity index is 1.67. The second kappa shape index (κ2) is 9.04. The summed E-state index contributed by atoms with van der Waals surface area (Å²) in [7, 11) is 0. The molecule has 0 saturated carbocycles. The number of benzene rings is 1. The normalized spacial score (nSPS) is 21.1. The number of carbonyl (C=O) groups is 2. The number of hydrogen-bond donors (Lipinski definition) is 1. The van der Waals surface area contributed by atoms with Crippen molar-refractivity contribution in [1.82, 2.24) is 0 Å². The Labute approximate surface area is 165 Å². The van der Waals surface area contributed by atoms with Gasteiger partial charge in [0, 0.05) is 25.3 Å². The molecule has 7 heteroatoms. The van der Waals surface area contributed by atoms with Crippen LogP contribution in [-0.2, 0) is 19.1 Å². The van der Waals surface area contributed by atoms with Crippen LogP contribution in [0.2, 0.25) is 5.02 Å². The second-order valence-electron chi connectivity index (χ2n) is 7.44. The van der Waals surface area contributed by atoms with Gasteiger partial charge in [-0.3, -0.25) is 9.59 Å². The number of ether oxygens (including phenoxy) is 2. The average Bonchev–Trinajstić information content (AvgIpc) is 3.28. The lowest BCUT2D eigenvalue weighted by Crippen LogP contribution is -2.37. The summed E-state index contributed by atoms with van der Waals surface area (Å²) in [6.45, 7) is 5.74. The molecule has 27 heavy (non-hydrogen) atoms. The molecule has 0 bridgehead atoms. The Morgan fingerprint density at radius 2 is 2.22 bits per heavy atom. The van der Waals surface area contributed by atoms with Crippen LogP contribution < -0.4 is 10.2 Å². The molecule has 2 amide bonds. The first-order valence-corrected chi connectivity index (χ1v) is 9.97. The highest BCUT2D eigenvalue weighted by molar-refractivity contribution is 6.34. The van der Waals surface area contributed by atoms with Crippen molar-refractivity contribution in [2.45, 2.75) is 51.7 Å². The van der Waals surface area contributed by atoms with Gasteiger partial charge in [-0.2, -0.15) is 0 Å². The van der Waals surface area contributed by atoms with Crippen LogP contribution in [0.25, 0.3) is 0 Å². The molecule has 0 spiro atoms. The van der Waals surface area contributed by atoms with E-state index in [1.165, 1.54) is 0 Å². The van der Waals surface area contributed by atoms with Crippen LogP contribution in [0.15, 0.2) is 18.2 Å². The molecule has 0 aromatic heterocycles. The Morgan fingerprint density at radius 3 is 2.85 bits per heavy atom. The number of rotatable bonds is 7. The van der Waals surface area contributed by atoms with Crippen molar-refractivity contribution in [1.29, 1.82) is 0 Å². The first-order chi connectivity index (χ1) is 13.0. The molecule has 148 valence electrons. The topological polar surface area (TPSA) is 67.9 Å². The van der Waals surface area contributed by atoms with Gasteiger partial charge in [-0.1, -0.05) is 25.4 Å². The van der Waals surface area contributed by atoms with Crippen LogP contribution in [0.5, 0.6) is 0 Å². The fraction of sp³-hybridized carbons (Fsp3) is 0.600. The van der Waals surface area contributed by atoms with E-state index in [0.29, 0.717) is 30.3 Å². The number of nitrogens with one attached hydrogen (secondary N) is 1. The average molecular weight is 395 g/mol. The molecule has 1 aromatic carbocycles. The lowest BCUT2D eigenvalue weighted by Gasteiger charge is -2.23. The summed E-state index contributed by atoms with van der Waals surface area (Å²) in [5.41, 5.74) is 1.24. The van der Waals surface area contributed by atoms with E-state index >= 15 is 0 Å². The first-order valence-electron chi connectivity index (χ1n) is 9.59. The van der Waals surface area contributed by atoms with Crippen molar-refractivity contribution < 1.29 is 19.1 Å². The molecular formula is C20H27ClN2O4. The van der Waals surface area contributed by atoms with E-state index in [2.05, 4.69) is 5.32 Å². The van der Waals surface area contributed by atoms with E-state index in [4.69, 9.17) is 21.1 Å². The maximum Gasteiger partial charge on any atom is 0.253 e. The number of halogens is 1. The monoisotopic (exact) mass is 394 g/mol. The van der Waals surface area contributed by atoms with Crippen LogP contribution in [0.4, 0.5) is 11.4 Å². The molecular weight excluding hydrogens is 368 g/mol. The van der Waals surface area contributed by atoms with Gasteiger partial charge in [0.1, 0.15) is 6.10 Å². The summed E-state index contributed by atoms with van der Waals surface area (Å²) in [4.78, 5) is 26.5. The predicted molar refractivity (Wildman–Crippen MR) is 105 cm³/mol. The molecule has 2 heterocycles. The second-order valence-corrected chi connectivity index (χ2v) is 7.84.